The number of hydrogen-bond acceptors (Lipinski definition) is 4. The Labute approximate surface area is 179 Å². The van der Waals surface area contributed by atoms with Gasteiger partial charge in [0.05, 0.1) is 5.75 Å². The lowest BCUT2D eigenvalue weighted by atomic mass is 9.89. The van der Waals surface area contributed by atoms with Crippen LogP contribution in [0.25, 0.3) is 0 Å². The molecule has 7 heteroatoms. The maximum atomic E-state index is 12.1. The van der Waals surface area contributed by atoms with Crippen LogP contribution in [0.4, 0.5) is 0 Å². The molecular weight excluding hydrogens is 400 g/mol. The highest BCUT2D eigenvalue weighted by Crippen LogP contribution is 2.23. The van der Waals surface area contributed by atoms with E-state index in [1.54, 1.807) is 24.3 Å². The van der Waals surface area contributed by atoms with Gasteiger partial charge in [0.2, 0.25) is 0 Å². The Kier molecular flexibility index (Phi) is 10.0. The van der Waals surface area contributed by atoms with Gasteiger partial charge in [-0.2, -0.15) is 8.42 Å². The first-order chi connectivity index (χ1) is 14.1. The standard InChI is InChI=1S/C23H30N2O4S/c1-6-8-17(3)22(19(5)25-18(4)9-7-2)16-20-10-12-21(13-11-20)23(26)24-14-15-30(27,28)29/h6-13,22,25H,1-2,5,14-16H2,3-4H3,(H,24,26)(H,27,28,29)/b17-8+,18-9+. The van der Waals surface area contributed by atoms with E-state index in [9.17, 15) is 13.2 Å². The quantitative estimate of drug-likeness (QED) is 0.346. The molecular formula is C23H30N2O4S. The van der Waals surface area contributed by atoms with Crippen LogP contribution in [0.3, 0.4) is 0 Å². The lowest BCUT2D eigenvalue weighted by molar-refractivity contribution is 0.0956. The number of carbonyl (C=O) groups is 1. The fourth-order valence-electron chi connectivity index (χ4n) is 2.84. The van der Waals surface area contributed by atoms with Gasteiger partial charge >= 0.3 is 0 Å². The average Bonchev–Trinajstić information content (AvgIpc) is 2.65. The maximum absolute atomic E-state index is 12.1. The van der Waals surface area contributed by atoms with Crippen molar-refractivity contribution >= 4 is 16.0 Å². The lowest BCUT2D eigenvalue weighted by Gasteiger charge is -2.22. The van der Waals surface area contributed by atoms with E-state index in [-0.39, 0.29) is 12.5 Å². The number of carbonyl (C=O) groups excluding carboxylic acids is 1. The second-order valence-electron chi connectivity index (χ2n) is 6.88. The van der Waals surface area contributed by atoms with Crippen LogP contribution in [-0.2, 0) is 16.5 Å². The predicted molar refractivity (Wildman–Crippen MR) is 123 cm³/mol. The fraction of sp³-hybridized carbons (Fsp3) is 0.261. The molecule has 3 N–H and O–H groups in total. The Morgan fingerprint density at radius 1 is 1.13 bits per heavy atom. The molecule has 162 valence electrons. The van der Waals surface area contributed by atoms with Gasteiger partial charge in [-0.25, -0.2) is 0 Å². The summed E-state index contributed by atoms with van der Waals surface area (Å²) < 4.78 is 30.2. The summed E-state index contributed by atoms with van der Waals surface area (Å²) in [5.74, 6) is -0.909. The smallest absolute Gasteiger partial charge is 0.266 e. The van der Waals surface area contributed by atoms with Crippen LogP contribution in [-0.4, -0.2) is 31.2 Å². The molecule has 0 aliphatic carbocycles. The zero-order chi connectivity index (χ0) is 22.7. The third-order valence-electron chi connectivity index (χ3n) is 4.38. The maximum Gasteiger partial charge on any atom is 0.266 e. The summed E-state index contributed by atoms with van der Waals surface area (Å²) in [6, 6.07) is 7.07. The third-order valence-corrected chi connectivity index (χ3v) is 5.10. The molecule has 6 nitrogen and oxygen atoms in total. The molecule has 1 unspecified atom stereocenters. The second-order valence-corrected chi connectivity index (χ2v) is 8.45. The largest absolute Gasteiger partial charge is 0.362 e. The summed E-state index contributed by atoms with van der Waals surface area (Å²) in [4.78, 5) is 12.1. The molecule has 0 spiro atoms. The van der Waals surface area contributed by atoms with Crippen LogP contribution in [0.15, 0.2) is 85.3 Å². The van der Waals surface area contributed by atoms with E-state index < -0.39 is 21.8 Å². The average molecular weight is 431 g/mol. The Hall–Kier alpha value is -2.90. The zero-order valence-corrected chi connectivity index (χ0v) is 18.3. The molecule has 0 saturated carbocycles. The van der Waals surface area contributed by atoms with Crippen molar-refractivity contribution < 1.29 is 17.8 Å². The SMILES string of the molecule is C=C/C=C(\C)NC(=C)C(Cc1ccc(C(=O)NCCS(=O)(=O)O)cc1)/C(C)=C/C=C. The van der Waals surface area contributed by atoms with Gasteiger partial charge in [-0.15, -0.1) is 0 Å². The zero-order valence-electron chi connectivity index (χ0n) is 17.5. The number of hydrogen-bond donors (Lipinski definition) is 3. The van der Waals surface area contributed by atoms with Crippen molar-refractivity contribution in [3.05, 3.63) is 96.4 Å². The number of rotatable bonds is 12. The van der Waals surface area contributed by atoms with Crippen molar-refractivity contribution in [1.29, 1.82) is 0 Å². The molecule has 0 saturated heterocycles. The molecule has 0 radical (unpaired) electrons. The molecule has 0 aliphatic heterocycles. The van der Waals surface area contributed by atoms with E-state index in [1.165, 1.54) is 0 Å². The van der Waals surface area contributed by atoms with Crippen LogP contribution in [0, 0.1) is 5.92 Å². The minimum Gasteiger partial charge on any atom is -0.362 e. The Bertz CT molecular complexity index is 942. The highest BCUT2D eigenvalue weighted by Gasteiger charge is 2.16. The number of benzene rings is 1. The first-order valence-corrected chi connectivity index (χ1v) is 11.0. The summed E-state index contributed by atoms with van der Waals surface area (Å²) in [5.41, 5.74) is 4.29. The molecule has 0 fully saturated rings. The van der Waals surface area contributed by atoms with Crippen molar-refractivity contribution in [2.45, 2.75) is 20.3 Å². The van der Waals surface area contributed by atoms with E-state index in [2.05, 4.69) is 30.4 Å². The normalized spacial score (nSPS) is 13.3. The van der Waals surface area contributed by atoms with Crippen molar-refractivity contribution in [3.63, 3.8) is 0 Å². The molecule has 0 bridgehead atoms. The molecule has 1 aromatic carbocycles. The van der Waals surface area contributed by atoms with Crippen molar-refractivity contribution in [2.24, 2.45) is 5.92 Å². The van der Waals surface area contributed by atoms with Crippen molar-refractivity contribution in [3.8, 4) is 0 Å². The highest BCUT2D eigenvalue weighted by atomic mass is 32.2. The molecule has 1 rings (SSSR count). The molecule has 1 atom stereocenters. The van der Waals surface area contributed by atoms with Gasteiger partial charge < -0.3 is 10.6 Å². The Morgan fingerprint density at radius 2 is 1.73 bits per heavy atom. The Balaban J connectivity index is 2.89. The summed E-state index contributed by atoms with van der Waals surface area (Å²) in [7, 11) is -4.11. The molecule has 0 aliphatic rings. The van der Waals surface area contributed by atoms with E-state index in [1.807, 2.05) is 38.1 Å². The van der Waals surface area contributed by atoms with Gasteiger partial charge in [0.25, 0.3) is 16.0 Å². The predicted octanol–water partition coefficient (Wildman–Crippen LogP) is 3.79. The van der Waals surface area contributed by atoms with E-state index >= 15 is 0 Å². The molecule has 30 heavy (non-hydrogen) atoms. The second kappa shape index (κ2) is 11.9. The van der Waals surface area contributed by atoms with Gasteiger partial charge in [-0.1, -0.05) is 55.7 Å². The van der Waals surface area contributed by atoms with Crippen LogP contribution >= 0.6 is 0 Å². The van der Waals surface area contributed by atoms with E-state index in [0.717, 1.165) is 22.5 Å². The molecule has 1 amide bonds. The topological polar surface area (TPSA) is 95.5 Å². The Morgan fingerprint density at radius 3 is 2.27 bits per heavy atom. The highest BCUT2D eigenvalue weighted by molar-refractivity contribution is 7.85. The van der Waals surface area contributed by atoms with Crippen LogP contribution < -0.4 is 10.6 Å². The first kappa shape index (κ1) is 25.1. The van der Waals surface area contributed by atoms with Crippen molar-refractivity contribution in [1.82, 2.24) is 10.6 Å². The lowest BCUT2D eigenvalue weighted by Crippen LogP contribution is -2.28. The van der Waals surface area contributed by atoms with Gasteiger partial charge in [-0.05, 0) is 44.0 Å². The van der Waals surface area contributed by atoms with E-state index in [4.69, 9.17) is 4.55 Å². The fourth-order valence-corrected chi connectivity index (χ4v) is 3.20. The van der Waals surface area contributed by atoms with Gasteiger partial charge in [0.1, 0.15) is 0 Å². The van der Waals surface area contributed by atoms with Crippen LogP contribution in [0.5, 0.6) is 0 Å². The molecule has 0 heterocycles. The summed E-state index contributed by atoms with van der Waals surface area (Å²) >= 11 is 0. The first-order valence-electron chi connectivity index (χ1n) is 9.44. The summed E-state index contributed by atoms with van der Waals surface area (Å²) in [6.07, 6.45) is 7.93. The summed E-state index contributed by atoms with van der Waals surface area (Å²) in [6.45, 7) is 15.4. The molecule has 0 aromatic heterocycles. The molecule has 1 aromatic rings. The minimum atomic E-state index is -4.11. The van der Waals surface area contributed by atoms with Crippen LogP contribution in [0.2, 0.25) is 0 Å². The number of amides is 1. The summed E-state index contributed by atoms with van der Waals surface area (Å²) in [5, 5.41) is 5.76. The van der Waals surface area contributed by atoms with E-state index in [0.29, 0.717) is 12.0 Å². The minimum absolute atomic E-state index is 0.0191. The van der Waals surface area contributed by atoms with Gasteiger partial charge in [-0.3, -0.25) is 9.35 Å². The van der Waals surface area contributed by atoms with Gasteiger partial charge in [0.15, 0.2) is 0 Å². The van der Waals surface area contributed by atoms with Gasteiger partial charge in [0, 0.05) is 29.4 Å². The number of allylic oxidation sites excluding steroid dienone is 6. The third kappa shape index (κ3) is 9.07. The monoisotopic (exact) mass is 430 g/mol. The number of nitrogens with one attached hydrogen (secondary N) is 2. The van der Waals surface area contributed by atoms with Crippen molar-refractivity contribution in [2.75, 3.05) is 12.3 Å². The van der Waals surface area contributed by atoms with Crippen LogP contribution in [0.1, 0.15) is 29.8 Å².